The lowest BCUT2D eigenvalue weighted by atomic mass is 10.2. The number of ether oxygens (including phenoxy) is 1. The van der Waals surface area contributed by atoms with Crippen molar-refractivity contribution in [2.45, 2.75) is 11.7 Å². The van der Waals surface area contributed by atoms with Gasteiger partial charge >= 0.3 is 0 Å². The lowest BCUT2D eigenvalue weighted by Crippen LogP contribution is -2.30. The fraction of sp³-hybridized carbons (Fsp3) is 0.211. The minimum atomic E-state index is -0.431. The van der Waals surface area contributed by atoms with Crippen LogP contribution in [0.25, 0.3) is 0 Å². The fourth-order valence-electron chi connectivity index (χ4n) is 2.51. The predicted molar refractivity (Wildman–Crippen MR) is 104 cm³/mol. The lowest BCUT2D eigenvalue weighted by molar-refractivity contribution is -0.127. The third-order valence-corrected chi connectivity index (χ3v) is 5.14. The summed E-state index contributed by atoms with van der Waals surface area (Å²) in [5.41, 5.74) is 0.656. The molecule has 0 unspecified atom stereocenters. The Hall–Kier alpha value is -2.80. The molecule has 3 rings (SSSR count). The number of hydrogen-bond acceptors (Lipinski definition) is 5. The van der Waals surface area contributed by atoms with Crippen LogP contribution >= 0.6 is 11.8 Å². The Bertz CT molecular complexity index is 822. The van der Waals surface area contributed by atoms with Gasteiger partial charge in [0.05, 0.1) is 0 Å². The number of nitrogens with one attached hydrogen (secondary N) is 1. The van der Waals surface area contributed by atoms with Crippen molar-refractivity contribution in [2.75, 3.05) is 19.4 Å². The first-order valence-corrected chi connectivity index (χ1v) is 8.98. The van der Waals surface area contributed by atoms with Crippen LogP contribution in [0.5, 0.6) is 11.5 Å². The van der Waals surface area contributed by atoms with E-state index in [4.69, 9.17) is 4.74 Å². The number of carbonyl (C=O) groups is 2. The molecule has 134 valence electrons. The van der Waals surface area contributed by atoms with E-state index in [9.17, 15) is 9.59 Å². The van der Waals surface area contributed by atoms with E-state index in [0.717, 1.165) is 5.75 Å². The molecule has 2 aromatic carbocycles. The van der Waals surface area contributed by atoms with Crippen LogP contribution in [0.2, 0.25) is 0 Å². The molecule has 0 spiro atoms. The van der Waals surface area contributed by atoms with E-state index >= 15 is 0 Å². The Morgan fingerprint density at radius 2 is 1.81 bits per heavy atom. The number of thioether (sulfide) groups is 1. The van der Waals surface area contributed by atoms with Crippen molar-refractivity contribution in [1.29, 1.82) is 0 Å². The standard InChI is InChI=1S/C19H19N3O3S/c1-20-19-22(2)18(24)16(26-19)12-17(23)21-13-8-10-15(11-9-13)25-14-6-4-3-5-7-14/h3-11,16H,12H2,1-2H3,(H,21,23)/t16-/m0/s1. The summed E-state index contributed by atoms with van der Waals surface area (Å²) in [5.74, 6) is 1.12. The highest BCUT2D eigenvalue weighted by Crippen LogP contribution is 2.28. The summed E-state index contributed by atoms with van der Waals surface area (Å²) in [6, 6.07) is 16.6. The number of para-hydroxylation sites is 1. The van der Waals surface area contributed by atoms with E-state index in [2.05, 4.69) is 10.3 Å². The number of benzene rings is 2. The van der Waals surface area contributed by atoms with Gasteiger partial charge in [0.25, 0.3) is 0 Å². The van der Waals surface area contributed by atoms with Gasteiger partial charge in [-0.2, -0.15) is 0 Å². The van der Waals surface area contributed by atoms with Crippen LogP contribution in [-0.4, -0.2) is 41.2 Å². The summed E-state index contributed by atoms with van der Waals surface area (Å²) in [6.07, 6.45) is 0.106. The molecule has 0 saturated carbocycles. The smallest absolute Gasteiger partial charge is 0.242 e. The SMILES string of the molecule is CN=C1S[C@@H](CC(=O)Nc2ccc(Oc3ccccc3)cc2)C(=O)N1C. The normalized spacial score (nSPS) is 18.2. The summed E-state index contributed by atoms with van der Waals surface area (Å²) < 4.78 is 5.72. The molecule has 1 saturated heterocycles. The molecule has 0 radical (unpaired) electrons. The maximum Gasteiger partial charge on any atom is 0.242 e. The minimum absolute atomic E-state index is 0.0997. The molecule has 7 heteroatoms. The van der Waals surface area contributed by atoms with Crippen LogP contribution in [0.1, 0.15) is 6.42 Å². The highest BCUT2D eigenvalue weighted by Gasteiger charge is 2.36. The molecular formula is C19H19N3O3S. The Morgan fingerprint density at radius 1 is 1.15 bits per heavy atom. The van der Waals surface area contributed by atoms with Gasteiger partial charge < -0.3 is 10.1 Å². The summed E-state index contributed by atoms with van der Waals surface area (Å²) >= 11 is 1.31. The highest BCUT2D eigenvalue weighted by atomic mass is 32.2. The fourth-order valence-corrected chi connectivity index (χ4v) is 3.61. The van der Waals surface area contributed by atoms with E-state index in [1.807, 2.05) is 30.3 Å². The zero-order valence-corrected chi connectivity index (χ0v) is 15.3. The maximum absolute atomic E-state index is 12.2. The summed E-state index contributed by atoms with van der Waals surface area (Å²) in [6.45, 7) is 0. The van der Waals surface area contributed by atoms with E-state index in [1.54, 1.807) is 38.4 Å². The average Bonchev–Trinajstić information content (AvgIpc) is 2.92. The van der Waals surface area contributed by atoms with Crippen LogP contribution in [0.15, 0.2) is 59.6 Å². The summed E-state index contributed by atoms with van der Waals surface area (Å²) in [7, 11) is 3.30. The quantitative estimate of drug-likeness (QED) is 0.877. The van der Waals surface area contributed by atoms with Crippen LogP contribution in [0.3, 0.4) is 0 Å². The van der Waals surface area contributed by atoms with Gasteiger partial charge in [0, 0.05) is 26.2 Å². The monoisotopic (exact) mass is 369 g/mol. The Labute approximate surface area is 156 Å². The Morgan fingerprint density at radius 3 is 2.42 bits per heavy atom. The van der Waals surface area contributed by atoms with Crippen molar-refractivity contribution in [2.24, 2.45) is 4.99 Å². The number of hydrogen-bond donors (Lipinski definition) is 1. The molecule has 1 N–H and O–H groups in total. The van der Waals surface area contributed by atoms with Crippen molar-refractivity contribution in [3.8, 4) is 11.5 Å². The maximum atomic E-state index is 12.2. The van der Waals surface area contributed by atoms with Crippen LogP contribution < -0.4 is 10.1 Å². The molecule has 1 aliphatic heterocycles. The lowest BCUT2D eigenvalue weighted by Gasteiger charge is -2.10. The molecular weight excluding hydrogens is 350 g/mol. The minimum Gasteiger partial charge on any atom is -0.457 e. The number of amides is 2. The topological polar surface area (TPSA) is 71.0 Å². The van der Waals surface area contributed by atoms with Crippen molar-refractivity contribution in [1.82, 2.24) is 4.90 Å². The molecule has 2 aromatic rings. The van der Waals surface area contributed by atoms with Gasteiger partial charge in [0.1, 0.15) is 16.7 Å². The first-order chi connectivity index (χ1) is 12.6. The van der Waals surface area contributed by atoms with Gasteiger partial charge in [0.2, 0.25) is 11.8 Å². The zero-order chi connectivity index (χ0) is 18.5. The molecule has 1 atom stereocenters. The number of nitrogens with zero attached hydrogens (tertiary/aromatic N) is 2. The van der Waals surface area contributed by atoms with Crippen molar-refractivity contribution in [3.63, 3.8) is 0 Å². The number of amidine groups is 1. The second-order valence-corrected chi connectivity index (χ2v) is 6.87. The number of carbonyl (C=O) groups excluding carboxylic acids is 2. The second kappa shape index (κ2) is 8.05. The van der Waals surface area contributed by atoms with Crippen molar-refractivity contribution < 1.29 is 14.3 Å². The molecule has 6 nitrogen and oxygen atoms in total. The molecule has 0 aliphatic carbocycles. The van der Waals surface area contributed by atoms with Gasteiger partial charge in [-0.3, -0.25) is 19.5 Å². The molecule has 0 aromatic heterocycles. The molecule has 1 heterocycles. The second-order valence-electron chi connectivity index (χ2n) is 5.70. The van der Waals surface area contributed by atoms with Crippen molar-refractivity contribution in [3.05, 3.63) is 54.6 Å². The molecule has 1 fully saturated rings. The van der Waals surface area contributed by atoms with Gasteiger partial charge in [0.15, 0.2) is 5.17 Å². The van der Waals surface area contributed by atoms with E-state index in [0.29, 0.717) is 16.6 Å². The number of rotatable bonds is 5. The molecule has 2 amide bonds. The Kier molecular flexibility index (Phi) is 5.58. The molecule has 26 heavy (non-hydrogen) atoms. The van der Waals surface area contributed by atoms with Crippen LogP contribution in [-0.2, 0) is 9.59 Å². The first-order valence-electron chi connectivity index (χ1n) is 8.10. The summed E-state index contributed by atoms with van der Waals surface area (Å²) in [5, 5.41) is 3.01. The Balaban J connectivity index is 1.56. The molecule has 0 bridgehead atoms. The van der Waals surface area contributed by atoms with Crippen LogP contribution in [0, 0.1) is 0 Å². The van der Waals surface area contributed by atoms with E-state index in [-0.39, 0.29) is 18.2 Å². The van der Waals surface area contributed by atoms with Gasteiger partial charge in [-0.25, -0.2) is 0 Å². The zero-order valence-electron chi connectivity index (χ0n) is 14.5. The third kappa shape index (κ3) is 4.23. The molecule has 1 aliphatic rings. The van der Waals surface area contributed by atoms with E-state index in [1.165, 1.54) is 16.7 Å². The predicted octanol–water partition coefficient (Wildman–Crippen LogP) is 3.37. The van der Waals surface area contributed by atoms with Crippen molar-refractivity contribution >= 4 is 34.4 Å². The average molecular weight is 369 g/mol. The van der Waals surface area contributed by atoms with Gasteiger partial charge in [-0.1, -0.05) is 30.0 Å². The largest absolute Gasteiger partial charge is 0.457 e. The van der Waals surface area contributed by atoms with Gasteiger partial charge in [-0.15, -0.1) is 0 Å². The third-order valence-electron chi connectivity index (χ3n) is 3.82. The van der Waals surface area contributed by atoms with Gasteiger partial charge in [-0.05, 0) is 36.4 Å². The number of aliphatic imine (C=N–C) groups is 1. The number of anilines is 1. The first kappa shape index (κ1) is 18.0. The summed E-state index contributed by atoms with van der Waals surface area (Å²) in [4.78, 5) is 29.9. The van der Waals surface area contributed by atoms with Crippen LogP contribution in [0.4, 0.5) is 5.69 Å². The van der Waals surface area contributed by atoms with E-state index < -0.39 is 5.25 Å². The highest BCUT2D eigenvalue weighted by molar-refractivity contribution is 8.15.